The number of alkyl halides is 3. The number of nitrogens with one attached hydrogen (secondary N) is 3. The summed E-state index contributed by atoms with van der Waals surface area (Å²) in [6.45, 7) is 7.52. The van der Waals surface area contributed by atoms with Gasteiger partial charge in [0.15, 0.2) is 5.82 Å². The van der Waals surface area contributed by atoms with Crippen molar-refractivity contribution >= 4 is 63.9 Å². The van der Waals surface area contributed by atoms with Crippen LogP contribution in [-0.2, 0) is 16.6 Å². The summed E-state index contributed by atoms with van der Waals surface area (Å²) in [5.41, 5.74) is -1.86. The normalized spacial score (nSPS) is 15.6. The second kappa shape index (κ2) is 17.2. The van der Waals surface area contributed by atoms with Crippen LogP contribution in [0.25, 0.3) is 5.57 Å². The maximum Gasteiger partial charge on any atom is 0.433 e. The fourth-order valence-corrected chi connectivity index (χ4v) is 6.69. The summed E-state index contributed by atoms with van der Waals surface area (Å²) in [6, 6.07) is 7.59. The van der Waals surface area contributed by atoms with E-state index in [1.807, 2.05) is 0 Å². The predicted octanol–water partition coefficient (Wildman–Crippen LogP) is 5.75. The number of hydrogen-bond donors (Lipinski definition) is 3. The topological polar surface area (TPSA) is 169 Å². The van der Waals surface area contributed by atoms with Gasteiger partial charge in [-0.1, -0.05) is 11.6 Å². The molecule has 4 heterocycles. The molecule has 0 unspecified atom stereocenters. The van der Waals surface area contributed by atoms with Gasteiger partial charge in [-0.3, -0.25) is 19.8 Å². The van der Waals surface area contributed by atoms with Crippen molar-refractivity contribution in [2.75, 3.05) is 68.9 Å². The second-order valence-corrected chi connectivity index (χ2v) is 15.1. The third kappa shape index (κ3) is 10.2. The van der Waals surface area contributed by atoms with Gasteiger partial charge in [0.05, 0.1) is 34.4 Å². The Kier molecular flexibility index (Phi) is 12.8. The summed E-state index contributed by atoms with van der Waals surface area (Å²) in [7, 11) is 4.53. The highest BCUT2D eigenvalue weighted by Gasteiger charge is 2.39. The number of rotatable bonds is 9. The van der Waals surface area contributed by atoms with Crippen molar-refractivity contribution in [2.24, 2.45) is 13.0 Å². The number of benzene rings is 1. The zero-order valence-electron chi connectivity index (χ0n) is 32.5. The van der Waals surface area contributed by atoms with Gasteiger partial charge in [-0.15, -0.1) is 0 Å². The summed E-state index contributed by atoms with van der Waals surface area (Å²) in [5, 5.41) is 13.5. The van der Waals surface area contributed by atoms with Crippen molar-refractivity contribution in [1.29, 1.82) is 5.41 Å². The van der Waals surface area contributed by atoms with Gasteiger partial charge in [-0.25, -0.2) is 14.8 Å². The number of amides is 4. The first kappa shape index (κ1) is 42.5. The van der Waals surface area contributed by atoms with Crippen LogP contribution in [-0.4, -0.2) is 124 Å². The molecule has 5 rings (SSSR count). The highest BCUT2D eigenvalue weighted by atomic mass is 35.5. The molecule has 0 saturated carbocycles. The molecular weight excluding hydrogens is 769 g/mol. The van der Waals surface area contributed by atoms with Crippen molar-refractivity contribution < 1.29 is 37.1 Å². The quantitative estimate of drug-likeness (QED) is 0.228. The molecule has 0 atom stereocenters. The minimum absolute atomic E-state index is 0.00463. The largest absolute Gasteiger partial charge is 0.444 e. The van der Waals surface area contributed by atoms with Crippen LogP contribution in [0.5, 0.6) is 0 Å². The van der Waals surface area contributed by atoms with E-state index < -0.39 is 29.0 Å². The number of imidazole rings is 1. The van der Waals surface area contributed by atoms with Gasteiger partial charge in [0.25, 0.3) is 11.8 Å². The molecule has 2 aliphatic rings. The van der Waals surface area contributed by atoms with Gasteiger partial charge in [-0.05, 0) is 63.9 Å². The molecule has 4 amide bonds. The van der Waals surface area contributed by atoms with Crippen molar-refractivity contribution in [1.82, 2.24) is 29.2 Å². The number of piperazine rings is 1. The predicted molar refractivity (Wildman–Crippen MR) is 210 cm³/mol. The van der Waals surface area contributed by atoms with E-state index in [0.29, 0.717) is 50.5 Å². The number of nitrogens with zero attached hydrogens (tertiary/aromatic N) is 7. The van der Waals surface area contributed by atoms with Gasteiger partial charge in [-0.2, -0.15) is 13.2 Å². The number of halogens is 4. The molecule has 0 spiro atoms. The molecule has 3 N–H and O–H groups in total. The standard InChI is InChI=1S/C38H46ClF3N10O5/c1-37(2,3)57-36(56)52-13-11-23(12-14-52)34(54)50-15-17-51(18-16-50)35(55)26-9-7-24(19-28(26)39)47-33(53)32-46-21-29(49(32)6)27(31(43)38(40,41)42)22-48(5)30-10-8-25(44-4)20-45-30/h7-10,19-23,43-44H,11-18H2,1-6H3,(H,47,53)/b27-22-,43-31?. The molecule has 57 heavy (non-hydrogen) atoms. The molecule has 1 aromatic carbocycles. The minimum Gasteiger partial charge on any atom is -0.444 e. The number of aromatic nitrogens is 3. The first-order chi connectivity index (χ1) is 26.8. The maximum absolute atomic E-state index is 13.9. The Morgan fingerprint density at radius 3 is 2.12 bits per heavy atom. The molecule has 2 aromatic heterocycles. The van der Waals surface area contributed by atoms with Gasteiger partial charge >= 0.3 is 12.3 Å². The van der Waals surface area contributed by atoms with Crippen LogP contribution in [0.2, 0.25) is 5.02 Å². The van der Waals surface area contributed by atoms with E-state index in [1.165, 1.54) is 43.4 Å². The number of allylic oxidation sites excluding steroid dienone is 1. The van der Waals surface area contributed by atoms with Crippen molar-refractivity contribution in [2.45, 2.75) is 45.4 Å². The summed E-state index contributed by atoms with van der Waals surface area (Å²) in [6.07, 6.45) is -0.663. The summed E-state index contributed by atoms with van der Waals surface area (Å²) in [4.78, 5) is 67.1. The lowest BCUT2D eigenvalue weighted by Crippen LogP contribution is -2.53. The van der Waals surface area contributed by atoms with Crippen molar-refractivity contribution in [3.8, 4) is 0 Å². The molecule has 2 aliphatic heterocycles. The summed E-state index contributed by atoms with van der Waals surface area (Å²) >= 11 is 6.52. The first-order valence-electron chi connectivity index (χ1n) is 18.2. The highest BCUT2D eigenvalue weighted by molar-refractivity contribution is 6.34. The van der Waals surface area contributed by atoms with E-state index in [-0.39, 0.29) is 64.7 Å². The monoisotopic (exact) mass is 814 g/mol. The number of piperidine rings is 1. The maximum atomic E-state index is 13.9. The zero-order chi connectivity index (χ0) is 41.8. The summed E-state index contributed by atoms with van der Waals surface area (Å²) < 4.78 is 48.2. The molecule has 19 heteroatoms. The average Bonchev–Trinajstić information content (AvgIpc) is 3.56. The van der Waals surface area contributed by atoms with E-state index in [0.717, 1.165) is 17.0 Å². The lowest BCUT2D eigenvalue weighted by atomic mass is 9.95. The number of hydrogen-bond acceptors (Lipinski definition) is 10. The molecule has 2 fully saturated rings. The van der Waals surface area contributed by atoms with Crippen LogP contribution in [0.15, 0.2) is 48.9 Å². The third-order valence-electron chi connectivity index (χ3n) is 9.57. The first-order valence-corrected chi connectivity index (χ1v) is 18.6. The van der Waals surface area contributed by atoms with Crippen LogP contribution in [0.3, 0.4) is 0 Å². The van der Waals surface area contributed by atoms with Gasteiger partial charge in [0.2, 0.25) is 5.91 Å². The van der Waals surface area contributed by atoms with Gasteiger partial charge in [0, 0.05) is 83.8 Å². The number of anilines is 3. The Morgan fingerprint density at radius 2 is 1.56 bits per heavy atom. The van der Waals surface area contributed by atoms with Crippen LogP contribution in [0.1, 0.15) is 60.3 Å². The fraction of sp³-hybridized carbons (Fsp3) is 0.447. The zero-order valence-corrected chi connectivity index (χ0v) is 33.3. The van der Waals surface area contributed by atoms with Crippen LogP contribution >= 0.6 is 11.6 Å². The molecular formula is C38H46ClF3N10O5. The van der Waals surface area contributed by atoms with Crippen molar-refractivity contribution in [3.05, 3.63) is 71.0 Å². The Bertz CT molecular complexity index is 2030. The Balaban J connectivity index is 1.20. The lowest BCUT2D eigenvalue weighted by Gasteiger charge is -2.38. The second-order valence-electron chi connectivity index (χ2n) is 14.7. The molecule has 306 valence electrons. The number of ether oxygens (including phenoxy) is 1. The number of carbonyl (C=O) groups is 4. The fourth-order valence-electron chi connectivity index (χ4n) is 6.43. The lowest BCUT2D eigenvalue weighted by molar-refractivity contribution is -0.138. The van der Waals surface area contributed by atoms with E-state index >= 15 is 0 Å². The average molecular weight is 815 g/mol. The van der Waals surface area contributed by atoms with Crippen LogP contribution in [0, 0.1) is 11.3 Å². The highest BCUT2D eigenvalue weighted by Crippen LogP contribution is 2.30. The molecule has 15 nitrogen and oxygen atoms in total. The van der Waals surface area contributed by atoms with E-state index in [9.17, 15) is 32.3 Å². The molecule has 0 bridgehead atoms. The van der Waals surface area contributed by atoms with Crippen molar-refractivity contribution in [3.63, 3.8) is 0 Å². The molecule has 0 radical (unpaired) electrons. The number of carbonyl (C=O) groups excluding carboxylic acids is 4. The summed E-state index contributed by atoms with van der Waals surface area (Å²) in [5.74, 6) is -1.29. The molecule has 0 aliphatic carbocycles. The van der Waals surface area contributed by atoms with E-state index in [1.54, 1.807) is 54.7 Å². The Labute approximate surface area is 333 Å². The Hall–Kier alpha value is -5.65. The molecule has 2 saturated heterocycles. The van der Waals surface area contributed by atoms with E-state index in [4.69, 9.17) is 21.7 Å². The molecule has 3 aromatic rings. The van der Waals surface area contributed by atoms with Gasteiger partial charge in [0.1, 0.15) is 17.1 Å². The number of likely N-dealkylation sites (tertiary alicyclic amines) is 1. The smallest absolute Gasteiger partial charge is 0.433 e. The SMILES string of the molecule is CNc1ccc(N(C)/C=C(\C(=N)C(F)(F)F)c2cnc(C(=O)Nc3ccc(C(=O)N4CCN(C(=O)C5CCN(C(=O)OC(C)(C)C)CC5)CC4)c(Cl)c3)n2C)nc1. The van der Waals surface area contributed by atoms with E-state index in [2.05, 4.69) is 20.6 Å². The van der Waals surface area contributed by atoms with Crippen LogP contribution in [0.4, 0.5) is 35.2 Å². The Morgan fingerprint density at radius 1 is 0.930 bits per heavy atom. The van der Waals surface area contributed by atoms with Gasteiger partial charge < -0.3 is 39.5 Å². The van der Waals surface area contributed by atoms with Crippen LogP contribution < -0.4 is 15.5 Å². The number of pyridine rings is 1. The minimum atomic E-state index is -5.01. The third-order valence-corrected chi connectivity index (χ3v) is 9.89.